The van der Waals surface area contributed by atoms with Crippen molar-refractivity contribution in [2.75, 3.05) is 13.1 Å². The monoisotopic (exact) mass is 448 g/mol. The summed E-state index contributed by atoms with van der Waals surface area (Å²) in [6.45, 7) is 3.04. The van der Waals surface area contributed by atoms with E-state index in [0.717, 1.165) is 35.1 Å². The summed E-state index contributed by atoms with van der Waals surface area (Å²) in [6.07, 6.45) is 2.77. The Labute approximate surface area is 190 Å². The average Bonchev–Trinajstić information content (AvgIpc) is 3.47. The van der Waals surface area contributed by atoms with Crippen molar-refractivity contribution in [1.29, 1.82) is 0 Å². The van der Waals surface area contributed by atoms with E-state index in [1.165, 1.54) is 19.1 Å². The fourth-order valence-electron chi connectivity index (χ4n) is 4.46. The van der Waals surface area contributed by atoms with Crippen LogP contribution in [0.25, 0.3) is 22.5 Å². The molecule has 1 aromatic heterocycles. The van der Waals surface area contributed by atoms with Crippen LogP contribution in [-0.4, -0.2) is 44.2 Å². The van der Waals surface area contributed by atoms with Crippen molar-refractivity contribution in [1.82, 2.24) is 19.2 Å². The number of amides is 1. The maximum atomic E-state index is 13.2. The van der Waals surface area contributed by atoms with Gasteiger partial charge in [-0.2, -0.15) is 0 Å². The third-order valence-corrected chi connectivity index (χ3v) is 6.45. The lowest BCUT2D eigenvalue weighted by molar-refractivity contribution is -0.131. The number of carbonyl (C=O) groups excluding carboxylic acids is 2. The van der Waals surface area contributed by atoms with Crippen LogP contribution in [0.1, 0.15) is 31.0 Å². The van der Waals surface area contributed by atoms with E-state index in [1.807, 2.05) is 29.2 Å². The van der Waals surface area contributed by atoms with Crippen LogP contribution in [0.4, 0.5) is 4.39 Å². The van der Waals surface area contributed by atoms with E-state index in [9.17, 15) is 18.8 Å². The van der Waals surface area contributed by atoms with Gasteiger partial charge in [-0.25, -0.2) is 9.18 Å². The molecule has 0 radical (unpaired) electrons. The molecule has 1 saturated heterocycles. The van der Waals surface area contributed by atoms with Gasteiger partial charge in [0.05, 0.1) is 0 Å². The van der Waals surface area contributed by atoms with Gasteiger partial charge in [0.2, 0.25) is 11.8 Å². The molecule has 3 aromatic rings. The van der Waals surface area contributed by atoms with Crippen LogP contribution < -0.4 is 5.69 Å². The number of hydrogen-bond donors (Lipinski definition) is 0. The number of benzene rings is 2. The number of hydrogen-bond acceptors (Lipinski definition) is 4. The summed E-state index contributed by atoms with van der Waals surface area (Å²) in [5.74, 6) is 0.224. The zero-order valence-corrected chi connectivity index (χ0v) is 18.4. The Morgan fingerprint density at radius 1 is 0.970 bits per heavy atom. The molecule has 1 amide bonds. The van der Waals surface area contributed by atoms with Gasteiger partial charge in [-0.3, -0.25) is 14.2 Å². The molecule has 0 unspecified atom stereocenters. The minimum atomic E-state index is -0.466. The summed E-state index contributed by atoms with van der Waals surface area (Å²) in [7, 11) is 0. The molecule has 1 aliphatic heterocycles. The third-order valence-electron chi connectivity index (χ3n) is 6.45. The molecule has 1 aliphatic carbocycles. The molecular formula is C25H25FN4O3. The lowest BCUT2D eigenvalue weighted by Gasteiger charge is -2.16. The lowest BCUT2D eigenvalue weighted by Crippen LogP contribution is -2.32. The van der Waals surface area contributed by atoms with Crippen LogP contribution in [0.5, 0.6) is 0 Å². The smallest absolute Gasteiger partial charge is 0.342 e. The Bertz CT molecular complexity index is 1260. The molecule has 0 N–H and O–H groups in total. The first-order valence-corrected chi connectivity index (χ1v) is 11.3. The van der Waals surface area contributed by atoms with Gasteiger partial charge in [-0.15, -0.1) is 9.78 Å². The molecule has 7 nitrogen and oxygen atoms in total. The van der Waals surface area contributed by atoms with Gasteiger partial charge in [-0.05, 0) is 48.4 Å². The first-order valence-electron chi connectivity index (χ1n) is 11.3. The Morgan fingerprint density at radius 3 is 2.18 bits per heavy atom. The second-order valence-corrected chi connectivity index (χ2v) is 8.95. The van der Waals surface area contributed by atoms with Crippen molar-refractivity contribution in [3.05, 3.63) is 64.8 Å². The SMILES string of the molecule is CC(=O)n1nc(-c2ccc(-c3ccc(F)cc3)cc2)n(C[C@@H]2CCN(C(=O)C3CC3)C2)c1=O. The molecule has 0 spiro atoms. The number of carbonyl (C=O) groups is 2. The van der Waals surface area contributed by atoms with E-state index in [-0.39, 0.29) is 23.6 Å². The normalized spacial score (nSPS) is 18.0. The molecule has 0 bridgehead atoms. The van der Waals surface area contributed by atoms with Crippen molar-refractivity contribution in [2.45, 2.75) is 32.7 Å². The highest BCUT2D eigenvalue weighted by Gasteiger charge is 2.37. The minimum Gasteiger partial charge on any atom is -0.342 e. The first kappa shape index (κ1) is 21.3. The number of nitrogens with zero attached hydrogens (tertiary/aromatic N) is 4. The molecule has 8 heteroatoms. The van der Waals surface area contributed by atoms with E-state index in [0.29, 0.717) is 31.0 Å². The van der Waals surface area contributed by atoms with Gasteiger partial charge >= 0.3 is 5.69 Å². The fraction of sp³-hybridized carbons (Fsp3) is 0.360. The Balaban J connectivity index is 1.42. The maximum Gasteiger partial charge on any atom is 0.353 e. The molecular weight excluding hydrogens is 423 g/mol. The van der Waals surface area contributed by atoms with Gasteiger partial charge < -0.3 is 4.90 Å². The summed E-state index contributed by atoms with van der Waals surface area (Å²) < 4.78 is 15.7. The van der Waals surface area contributed by atoms with Crippen molar-refractivity contribution < 1.29 is 14.0 Å². The zero-order valence-electron chi connectivity index (χ0n) is 18.4. The van der Waals surface area contributed by atoms with Crippen LogP contribution in [0.15, 0.2) is 53.3 Å². The Kier molecular flexibility index (Phi) is 5.44. The molecule has 170 valence electrons. The van der Waals surface area contributed by atoms with Crippen molar-refractivity contribution in [3.8, 4) is 22.5 Å². The summed E-state index contributed by atoms with van der Waals surface area (Å²) in [5, 5.41) is 4.32. The van der Waals surface area contributed by atoms with Gasteiger partial charge in [-0.1, -0.05) is 36.4 Å². The molecule has 2 fully saturated rings. The summed E-state index contributed by atoms with van der Waals surface area (Å²) in [6, 6.07) is 13.7. The van der Waals surface area contributed by atoms with E-state index < -0.39 is 11.6 Å². The quantitative estimate of drug-likeness (QED) is 0.599. The molecule has 2 aromatic carbocycles. The summed E-state index contributed by atoms with van der Waals surface area (Å²) in [4.78, 5) is 39.3. The molecule has 33 heavy (non-hydrogen) atoms. The molecule has 5 rings (SSSR count). The predicted octanol–water partition coefficient (Wildman–Crippen LogP) is 3.44. The van der Waals surface area contributed by atoms with Gasteiger partial charge in [0.15, 0.2) is 5.82 Å². The van der Waals surface area contributed by atoms with Crippen molar-refractivity contribution >= 4 is 11.8 Å². The summed E-state index contributed by atoms with van der Waals surface area (Å²) in [5.41, 5.74) is 2.03. The highest BCUT2D eigenvalue weighted by Crippen LogP contribution is 2.33. The lowest BCUT2D eigenvalue weighted by atomic mass is 10.0. The van der Waals surface area contributed by atoms with Crippen LogP contribution in [0.3, 0.4) is 0 Å². The number of halogens is 1. The molecule has 2 aliphatic rings. The zero-order chi connectivity index (χ0) is 23.1. The summed E-state index contributed by atoms with van der Waals surface area (Å²) >= 11 is 0. The van der Waals surface area contributed by atoms with Crippen molar-refractivity contribution in [3.63, 3.8) is 0 Å². The van der Waals surface area contributed by atoms with Crippen LogP contribution in [-0.2, 0) is 11.3 Å². The Morgan fingerprint density at radius 2 is 1.58 bits per heavy atom. The van der Waals surface area contributed by atoms with E-state index in [1.54, 1.807) is 16.7 Å². The predicted molar refractivity (Wildman–Crippen MR) is 121 cm³/mol. The first-order chi connectivity index (χ1) is 15.9. The van der Waals surface area contributed by atoms with Crippen LogP contribution in [0.2, 0.25) is 0 Å². The van der Waals surface area contributed by atoms with Crippen LogP contribution in [0, 0.1) is 17.7 Å². The maximum absolute atomic E-state index is 13.2. The highest BCUT2D eigenvalue weighted by atomic mass is 19.1. The number of rotatable bonds is 5. The van der Waals surface area contributed by atoms with Gasteiger partial charge in [0.25, 0.3) is 0 Å². The standard InChI is InChI=1S/C25H25FN4O3/c1-16(31)30-25(33)29(15-17-12-13-28(14-17)24(32)21-6-7-21)23(27-30)20-4-2-18(3-5-20)19-8-10-22(26)11-9-19/h2-5,8-11,17,21H,6-7,12-15H2,1H3/t17-/m1/s1. The molecule has 2 heterocycles. The second-order valence-electron chi connectivity index (χ2n) is 8.95. The molecule has 1 saturated carbocycles. The van der Waals surface area contributed by atoms with E-state index >= 15 is 0 Å². The largest absolute Gasteiger partial charge is 0.353 e. The van der Waals surface area contributed by atoms with Crippen LogP contribution >= 0.6 is 0 Å². The number of aromatic nitrogens is 3. The van der Waals surface area contributed by atoms with Gasteiger partial charge in [0, 0.05) is 38.0 Å². The second kappa shape index (κ2) is 8.42. The number of likely N-dealkylation sites (tertiary alicyclic amines) is 1. The third kappa shape index (κ3) is 4.25. The van der Waals surface area contributed by atoms with E-state index in [4.69, 9.17) is 0 Å². The van der Waals surface area contributed by atoms with E-state index in [2.05, 4.69) is 5.10 Å². The minimum absolute atomic E-state index is 0.132. The van der Waals surface area contributed by atoms with Gasteiger partial charge in [0.1, 0.15) is 5.82 Å². The topological polar surface area (TPSA) is 77.2 Å². The highest BCUT2D eigenvalue weighted by molar-refractivity contribution is 5.81. The average molecular weight is 448 g/mol. The Hall–Kier alpha value is -3.55. The fourth-order valence-corrected chi connectivity index (χ4v) is 4.46. The molecule has 1 atom stereocenters. The van der Waals surface area contributed by atoms with Crippen molar-refractivity contribution in [2.24, 2.45) is 11.8 Å².